The zero-order chi connectivity index (χ0) is 10.7. The molecule has 4 heteroatoms. The number of ether oxygens (including phenoxy) is 1. The van der Waals surface area contributed by atoms with Crippen LogP contribution in [0.4, 0.5) is 0 Å². The molecule has 1 N–H and O–H groups in total. The molecular weight excluding hydrogens is 194 g/mol. The van der Waals surface area contributed by atoms with E-state index in [-0.39, 0.29) is 5.92 Å². The molecule has 0 unspecified atom stereocenters. The van der Waals surface area contributed by atoms with Crippen LogP contribution in [-0.2, 0) is 4.74 Å². The molecule has 80 valence electrons. The van der Waals surface area contributed by atoms with Crippen molar-refractivity contribution in [2.24, 2.45) is 0 Å². The number of rotatable bonds is 2. The number of aromatic carboxylic acids is 1. The van der Waals surface area contributed by atoms with Crippen molar-refractivity contribution in [3.05, 3.63) is 29.6 Å². The number of hydrogen-bond acceptors (Lipinski definition) is 3. The summed E-state index contributed by atoms with van der Waals surface area (Å²) in [6.45, 7) is 1.39. The number of carboxylic acids is 1. The first-order valence-electron chi connectivity index (χ1n) is 5.05. The first kappa shape index (κ1) is 10.1. The maximum Gasteiger partial charge on any atom is 0.337 e. The van der Waals surface area contributed by atoms with Crippen molar-refractivity contribution in [1.82, 2.24) is 4.98 Å². The van der Waals surface area contributed by atoms with E-state index in [2.05, 4.69) is 4.98 Å². The van der Waals surface area contributed by atoms with Gasteiger partial charge in [-0.15, -0.1) is 0 Å². The zero-order valence-electron chi connectivity index (χ0n) is 8.35. The van der Waals surface area contributed by atoms with E-state index in [1.54, 1.807) is 18.3 Å². The molecule has 0 spiro atoms. The maximum atomic E-state index is 11.0. The van der Waals surface area contributed by atoms with Crippen LogP contribution in [0, 0.1) is 0 Å². The predicted octanol–water partition coefficient (Wildman–Crippen LogP) is 1.67. The fraction of sp³-hybridized carbons (Fsp3) is 0.455. The van der Waals surface area contributed by atoms with E-state index in [9.17, 15) is 4.79 Å². The molecule has 0 atom stereocenters. The highest BCUT2D eigenvalue weighted by Gasteiger charge is 2.22. The summed E-state index contributed by atoms with van der Waals surface area (Å²) < 4.78 is 5.25. The van der Waals surface area contributed by atoms with Crippen molar-refractivity contribution in [2.45, 2.75) is 18.8 Å². The van der Waals surface area contributed by atoms with Gasteiger partial charge in [0.1, 0.15) is 0 Å². The molecule has 4 nitrogen and oxygen atoms in total. The van der Waals surface area contributed by atoms with Gasteiger partial charge >= 0.3 is 5.97 Å². The Labute approximate surface area is 87.9 Å². The number of aromatic nitrogens is 1. The molecule has 0 saturated carbocycles. The van der Waals surface area contributed by atoms with E-state index in [0.29, 0.717) is 24.5 Å². The van der Waals surface area contributed by atoms with E-state index < -0.39 is 5.97 Å². The molecular formula is C11H13NO3. The van der Waals surface area contributed by atoms with Crippen molar-refractivity contribution in [1.29, 1.82) is 0 Å². The summed E-state index contributed by atoms with van der Waals surface area (Å²) in [6.07, 6.45) is 3.37. The zero-order valence-corrected chi connectivity index (χ0v) is 8.35. The predicted molar refractivity (Wildman–Crippen MR) is 54.0 cm³/mol. The lowest BCUT2D eigenvalue weighted by Gasteiger charge is -2.22. The molecule has 1 aliphatic rings. The highest BCUT2D eigenvalue weighted by molar-refractivity contribution is 5.88. The van der Waals surface area contributed by atoms with E-state index in [4.69, 9.17) is 9.84 Å². The summed E-state index contributed by atoms with van der Waals surface area (Å²) in [6, 6.07) is 3.27. The molecule has 1 fully saturated rings. The normalized spacial score (nSPS) is 17.6. The van der Waals surface area contributed by atoms with E-state index in [1.807, 2.05) is 0 Å². The van der Waals surface area contributed by atoms with Crippen LogP contribution in [0.3, 0.4) is 0 Å². The van der Waals surface area contributed by atoms with Gasteiger partial charge in [0.05, 0.1) is 11.3 Å². The first-order valence-corrected chi connectivity index (χ1v) is 5.05. The number of carboxylic acid groups (broad SMARTS) is 1. The van der Waals surface area contributed by atoms with Crippen LogP contribution in [-0.4, -0.2) is 29.3 Å². The van der Waals surface area contributed by atoms with Gasteiger partial charge in [0.2, 0.25) is 0 Å². The average molecular weight is 207 g/mol. The highest BCUT2D eigenvalue weighted by atomic mass is 16.5. The summed E-state index contributed by atoms with van der Waals surface area (Å²) in [7, 11) is 0. The Morgan fingerprint density at radius 2 is 2.20 bits per heavy atom. The minimum absolute atomic E-state index is 0.228. The minimum Gasteiger partial charge on any atom is -0.478 e. The van der Waals surface area contributed by atoms with Crippen molar-refractivity contribution in [3.8, 4) is 0 Å². The van der Waals surface area contributed by atoms with Gasteiger partial charge in [-0.2, -0.15) is 0 Å². The number of carbonyl (C=O) groups is 1. The Kier molecular flexibility index (Phi) is 2.97. The van der Waals surface area contributed by atoms with Crippen LogP contribution in [0.25, 0.3) is 0 Å². The molecule has 1 saturated heterocycles. The fourth-order valence-corrected chi connectivity index (χ4v) is 1.89. The second-order valence-electron chi connectivity index (χ2n) is 3.63. The topological polar surface area (TPSA) is 59.4 Å². The first-order chi connectivity index (χ1) is 7.29. The molecule has 0 aromatic carbocycles. The van der Waals surface area contributed by atoms with E-state index >= 15 is 0 Å². The second-order valence-corrected chi connectivity index (χ2v) is 3.63. The van der Waals surface area contributed by atoms with Gasteiger partial charge in [0.15, 0.2) is 0 Å². The van der Waals surface area contributed by atoms with Crippen molar-refractivity contribution < 1.29 is 14.6 Å². The van der Waals surface area contributed by atoms with Crippen LogP contribution in [0.15, 0.2) is 18.3 Å². The largest absolute Gasteiger partial charge is 0.478 e. The molecule has 1 aromatic heterocycles. The third kappa shape index (κ3) is 2.15. The molecule has 0 radical (unpaired) electrons. The highest BCUT2D eigenvalue weighted by Crippen LogP contribution is 2.27. The third-order valence-corrected chi connectivity index (χ3v) is 2.68. The third-order valence-electron chi connectivity index (χ3n) is 2.68. The van der Waals surface area contributed by atoms with Gasteiger partial charge in [-0.05, 0) is 25.0 Å². The molecule has 15 heavy (non-hydrogen) atoms. The number of hydrogen-bond donors (Lipinski definition) is 1. The fourth-order valence-electron chi connectivity index (χ4n) is 1.89. The van der Waals surface area contributed by atoms with Crippen LogP contribution in [0.1, 0.15) is 34.8 Å². The molecule has 2 rings (SSSR count). The minimum atomic E-state index is -0.899. The summed E-state index contributed by atoms with van der Waals surface area (Å²) in [4.78, 5) is 15.2. The monoisotopic (exact) mass is 207 g/mol. The smallest absolute Gasteiger partial charge is 0.337 e. The summed E-state index contributed by atoms with van der Waals surface area (Å²) in [5.41, 5.74) is 1.03. The van der Waals surface area contributed by atoms with Gasteiger partial charge in [-0.1, -0.05) is 0 Å². The van der Waals surface area contributed by atoms with Crippen LogP contribution in [0.2, 0.25) is 0 Å². The molecule has 0 amide bonds. The van der Waals surface area contributed by atoms with Crippen molar-refractivity contribution >= 4 is 5.97 Å². The standard InChI is InChI=1S/C11H13NO3/c13-11(14)9-2-1-5-12-10(9)8-3-6-15-7-4-8/h1-2,5,8H,3-4,6-7H2,(H,13,14). The Morgan fingerprint density at radius 3 is 2.87 bits per heavy atom. The van der Waals surface area contributed by atoms with Crippen molar-refractivity contribution in [2.75, 3.05) is 13.2 Å². The summed E-state index contributed by atoms with van der Waals surface area (Å²) in [5.74, 6) is -0.671. The number of pyridine rings is 1. The Hall–Kier alpha value is -1.42. The second kappa shape index (κ2) is 4.40. The lowest BCUT2D eigenvalue weighted by Crippen LogP contribution is -2.18. The summed E-state index contributed by atoms with van der Waals surface area (Å²) >= 11 is 0. The van der Waals surface area contributed by atoms with Crippen LogP contribution in [0.5, 0.6) is 0 Å². The lowest BCUT2D eigenvalue weighted by atomic mass is 9.93. The molecule has 2 heterocycles. The van der Waals surface area contributed by atoms with Gasteiger partial charge in [0.25, 0.3) is 0 Å². The Balaban J connectivity index is 2.29. The quantitative estimate of drug-likeness (QED) is 0.801. The summed E-state index contributed by atoms with van der Waals surface area (Å²) in [5, 5.41) is 9.03. The van der Waals surface area contributed by atoms with Gasteiger partial charge < -0.3 is 9.84 Å². The Bertz CT molecular complexity index is 359. The van der Waals surface area contributed by atoms with Gasteiger partial charge in [0, 0.05) is 25.3 Å². The molecule has 1 aromatic rings. The van der Waals surface area contributed by atoms with Gasteiger partial charge in [-0.3, -0.25) is 4.98 Å². The lowest BCUT2D eigenvalue weighted by molar-refractivity contribution is 0.0683. The Morgan fingerprint density at radius 1 is 1.47 bits per heavy atom. The molecule has 0 bridgehead atoms. The average Bonchev–Trinajstić information content (AvgIpc) is 2.30. The maximum absolute atomic E-state index is 11.0. The van der Waals surface area contributed by atoms with Crippen molar-refractivity contribution in [3.63, 3.8) is 0 Å². The number of nitrogens with zero attached hydrogens (tertiary/aromatic N) is 1. The van der Waals surface area contributed by atoms with Crippen LogP contribution < -0.4 is 0 Å². The molecule has 1 aliphatic heterocycles. The van der Waals surface area contributed by atoms with E-state index in [0.717, 1.165) is 12.8 Å². The van der Waals surface area contributed by atoms with Gasteiger partial charge in [-0.25, -0.2) is 4.79 Å². The van der Waals surface area contributed by atoms with Crippen LogP contribution >= 0.6 is 0 Å². The van der Waals surface area contributed by atoms with E-state index in [1.165, 1.54) is 0 Å². The molecule has 0 aliphatic carbocycles. The SMILES string of the molecule is O=C(O)c1cccnc1C1CCOCC1.